The van der Waals surface area contributed by atoms with Gasteiger partial charge in [-0.25, -0.2) is 0 Å². The largest absolute Gasteiger partial charge is 0.396 e. The predicted octanol–water partition coefficient (Wildman–Crippen LogP) is 0.589. The number of hydrogen-bond donors (Lipinski definition) is 2. The van der Waals surface area contributed by atoms with Crippen molar-refractivity contribution in [2.45, 2.75) is 37.6 Å². The molecule has 0 radical (unpaired) electrons. The molecule has 1 aliphatic carbocycles. The van der Waals surface area contributed by atoms with Gasteiger partial charge in [-0.1, -0.05) is 19.3 Å². The van der Waals surface area contributed by atoms with Crippen LogP contribution in [0.5, 0.6) is 0 Å². The number of aliphatic hydroxyl groups is 1. The molecule has 1 saturated heterocycles. The number of hydrogen-bond acceptors (Lipinski definition) is 4. The van der Waals surface area contributed by atoms with Gasteiger partial charge in [0.25, 0.3) is 0 Å². The Morgan fingerprint density at radius 1 is 1.18 bits per heavy atom. The maximum Gasteiger partial charge on any atom is 0.0594 e. The molecule has 4 nitrogen and oxygen atoms in total. The Hall–Kier alpha value is -0.160. The highest BCUT2D eigenvalue weighted by atomic mass is 16.5. The molecule has 0 aromatic heterocycles. The molecule has 2 rings (SSSR count). The Kier molecular flexibility index (Phi) is 4.79. The second kappa shape index (κ2) is 6.14. The summed E-state index contributed by atoms with van der Waals surface area (Å²) >= 11 is 0. The predicted molar refractivity (Wildman–Crippen MR) is 67.8 cm³/mol. The number of rotatable bonds is 4. The summed E-state index contributed by atoms with van der Waals surface area (Å²) < 4.78 is 5.45. The van der Waals surface area contributed by atoms with Crippen molar-refractivity contribution in [1.82, 2.24) is 4.90 Å². The number of aliphatic hydroxyl groups excluding tert-OH is 1. The van der Waals surface area contributed by atoms with Gasteiger partial charge in [-0.3, -0.25) is 4.90 Å². The lowest BCUT2D eigenvalue weighted by molar-refractivity contribution is -0.0721. The molecule has 0 aromatic rings. The topological polar surface area (TPSA) is 58.7 Å². The second-order valence-electron chi connectivity index (χ2n) is 5.38. The van der Waals surface area contributed by atoms with Crippen LogP contribution in [0.1, 0.15) is 32.1 Å². The highest BCUT2D eigenvalue weighted by molar-refractivity contribution is 4.99. The smallest absolute Gasteiger partial charge is 0.0594 e. The van der Waals surface area contributed by atoms with Crippen molar-refractivity contribution >= 4 is 0 Å². The second-order valence-corrected chi connectivity index (χ2v) is 5.38. The van der Waals surface area contributed by atoms with Crippen molar-refractivity contribution in [3.8, 4) is 0 Å². The van der Waals surface area contributed by atoms with Gasteiger partial charge in [0.15, 0.2) is 0 Å². The van der Waals surface area contributed by atoms with Crippen molar-refractivity contribution in [2.24, 2.45) is 11.7 Å². The summed E-state index contributed by atoms with van der Waals surface area (Å²) in [5, 5.41) is 9.64. The monoisotopic (exact) mass is 242 g/mol. The highest BCUT2D eigenvalue weighted by Crippen LogP contribution is 2.39. The van der Waals surface area contributed by atoms with Gasteiger partial charge in [-0.15, -0.1) is 0 Å². The third-order valence-corrected chi connectivity index (χ3v) is 4.63. The van der Waals surface area contributed by atoms with Gasteiger partial charge in [0, 0.05) is 31.2 Å². The molecule has 0 amide bonds. The maximum absolute atomic E-state index is 9.64. The van der Waals surface area contributed by atoms with E-state index >= 15 is 0 Å². The Labute approximate surface area is 104 Å². The molecule has 1 heterocycles. The maximum atomic E-state index is 9.64. The van der Waals surface area contributed by atoms with E-state index in [4.69, 9.17) is 10.5 Å². The lowest BCUT2D eigenvalue weighted by Gasteiger charge is -2.52. The molecule has 100 valence electrons. The molecule has 4 heteroatoms. The summed E-state index contributed by atoms with van der Waals surface area (Å²) in [4.78, 5) is 2.55. The van der Waals surface area contributed by atoms with Crippen molar-refractivity contribution in [3.63, 3.8) is 0 Å². The summed E-state index contributed by atoms with van der Waals surface area (Å²) in [5.41, 5.74) is 6.03. The lowest BCUT2D eigenvalue weighted by atomic mass is 9.71. The van der Waals surface area contributed by atoms with Gasteiger partial charge in [-0.05, 0) is 19.4 Å². The molecule has 2 fully saturated rings. The molecule has 0 aromatic carbocycles. The minimum absolute atomic E-state index is 0.144. The fourth-order valence-corrected chi connectivity index (χ4v) is 3.62. The zero-order chi connectivity index (χ0) is 12.1. The summed E-state index contributed by atoms with van der Waals surface area (Å²) in [6.45, 7) is 4.45. The molecule has 0 spiro atoms. The summed E-state index contributed by atoms with van der Waals surface area (Å²) in [6, 6.07) is 0. The van der Waals surface area contributed by atoms with Crippen molar-refractivity contribution < 1.29 is 9.84 Å². The van der Waals surface area contributed by atoms with Crippen LogP contribution in [0.25, 0.3) is 0 Å². The van der Waals surface area contributed by atoms with Crippen LogP contribution in [-0.4, -0.2) is 55.0 Å². The molecule has 1 saturated carbocycles. The zero-order valence-corrected chi connectivity index (χ0v) is 10.7. The Morgan fingerprint density at radius 3 is 2.35 bits per heavy atom. The first-order chi connectivity index (χ1) is 8.33. The summed E-state index contributed by atoms with van der Waals surface area (Å²) in [7, 11) is 0. The fourth-order valence-electron chi connectivity index (χ4n) is 3.62. The Balaban J connectivity index is 2.14. The van der Waals surface area contributed by atoms with Crippen molar-refractivity contribution in [1.29, 1.82) is 0 Å². The van der Waals surface area contributed by atoms with Crippen molar-refractivity contribution in [2.75, 3.05) is 39.5 Å². The first-order valence-corrected chi connectivity index (χ1v) is 6.97. The highest BCUT2D eigenvalue weighted by Gasteiger charge is 2.43. The molecular formula is C13H26N2O2. The SMILES string of the molecule is NCC(CO)C1(N2CCOCC2)CCCCC1. The van der Waals surface area contributed by atoms with E-state index in [-0.39, 0.29) is 18.1 Å². The minimum atomic E-state index is 0.144. The van der Waals surface area contributed by atoms with Gasteiger partial charge in [0.05, 0.1) is 13.2 Å². The van der Waals surface area contributed by atoms with Crippen LogP contribution in [0.15, 0.2) is 0 Å². The van der Waals surface area contributed by atoms with Gasteiger partial charge in [0.1, 0.15) is 0 Å². The molecule has 0 bridgehead atoms. The van der Waals surface area contributed by atoms with Crippen LogP contribution in [-0.2, 0) is 4.74 Å². The third-order valence-electron chi connectivity index (χ3n) is 4.63. The van der Waals surface area contributed by atoms with E-state index < -0.39 is 0 Å². The molecule has 3 N–H and O–H groups in total. The molecule has 2 aliphatic rings. The Morgan fingerprint density at radius 2 is 1.82 bits per heavy atom. The molecule has 1 aliphatic heterocycles. The number of nitrogens with two attached hydrogens (primary N) is 1. The van der Waals surface area contributed by atoms with Gasteiger partial charge < -0.3 is 15.6 Å². The lowest BCUT2D eigenvalue weighted by Crippen LogP contribution is -2.60. The normalized spacial score (nSPS) is 27.9. The standard InChI is InChI=1S/C13H26N2O2/c14-10-12(11-16)13(4-2-1-3-5-13)15-6-8-17-9-7-15/h12,16H,1-11,14H2. The van der Waals surface area contributed by atoms with Gasteiger partial charge in [0.2, 0.25) is 0 Å². The number of nitrogens with zero attached hydrogens (tertiary/aromatic N) is 1. The molecular weight excluding hydrogens is 216 g/mol. The van der Waals surface area contributed by atoms with E-state index in [0.717, 1.165) is 26.3 Å². The van der Waals surface area contributed by atoms with Crippen LogP contribution >= 0.6 is 0 Å². The van der Waals surface area contributed by atoms with Crippen LogP contribution in [0, 0.1) is 5.92 Å². The van der Waals surface area contributed by atoms with Crippen LogP contribution < -0.4 is 5.73 Å². The van der Waals surface area contributed by atoms with E-state index in [1.54, 1.807) is 0 Å². The van der Waals surface area contributed by atoms with Crippen LogP contribution in [0.4, 0.5) is 0 Å². The molecule has 17 heavy (non-hydrogen) atoms. The van der Waals surface area contributed by atoms with E-state index in [2.05, 4.69) is 4.90 Å². The average molecular weight is 242 g/mol. The fraction of sp³-hybridized carbons (Fsp3) is 1.00. The van der Waals surface area contributed by atoms with Gasteiger partial charge >= 0.3 is 0 Å². The first-order valence-electron chi connectivity index (χ1n) is 6.97. The molecule has 1 unspecified atom stereocenters. The third kappa shape index (κ3) is 2.65. The van der Waals surface area contributed by atoms with E-state index in [1.807, 2.05) is 0 Å². The van der Waals surface area contributed by atoms with E-state index in [1.165, 1.54) is 32.1 Å². The average Bonchev–Trinajstić information content (AvgIpc) is 2.42. The van der Waals surface area contributed by atoms with Crippen LogP contribution in [0.3, 0.4) is 0 Å². The quantitative estimate of drug-likeness (QED) is 0.757. The Bertz CT molecular complexity index is 219. The summed E-state index contributed by atoms with van der Waals surface area (Å²) in [5.74, 6) is 0.223. The van der Waals surface area contributed by atoms with E-state index in [0.29, 0.717) is 6.54 Å². The number of ether oxygens (including phenoxy) is 1. The van der Waals surface area contributed by atoms with Crippen LogP contribution in [0.2, 0.25) is 0 Å². The minimum Gasteiger partial charge on any atom is -0.396 e. The van der Waals surface area contributed by atoms with Crippen molar-refractivity contribution in [3.05, 3.63) is 0 Å². The number of morpholine rings is 1. The summed E-state index contributed by atoms with van der Waals surface area (Å²) in [6.07, 6.45) is 6.25. The van der Waals surface area contributed by atoms with E-state index in [9.17, 15) is 5.11 Å². The van der Waals surface area contributed by atoms with Gasteiger partial charge in [-0.2, -0.15) is 0 Å². The first kappa shape index (κ1) is 13.3. The zero-order valence-electron chi connectivity index (χ0n) is 10.7. The molecule has 1 atom stereocenters.